The number of nitrogens with one attached hydrogen (secondary N) is 1. The Morgan fingerprint density at radius 3 is 2.53 bits per heavy atom. The van der Waals surface area contributed by atoms with Crippen LogP contribution in [0.4, 0.5) is 0 Å². The molecule has 0 aromatic heterocycles. The molecule has 0 fully saturated rings. The quantitative estimate of drug-likeness (QED) is 0.808. The predicted octanol–water partition coefficient (Wildman–Crippen LogP) is 0.549. The summed E-state index contributed by atoms with van der Waals surface area (Å²) in [6.07, 6.45) is 0. The molecule has 0 bridgehead atoms. The summed E-state index contributed by atoms with van der Waals surface area (Å²) < 4.78 is 31.6. The molecule has 1 aromatic rings. The molecule has 96 valence electrons. The van der Waals surface area contributed by atoms with Gasteiger partial charge in [0.2, 0.25) is 10.0 Å². The average Bonchev–Trinajstić information content (AvgIpc) is 2.25. The Labute approximate surface area is 102 Å². The van der Waals surface area contributed by atoms with Gasteiger partial charge in [0.1, 0.15) is 10.6 Å². The molecule has 3 N–H and O–H groups in total. The first-order valence-electron chi connectivity index (χ1n) is 5.27. The first-order chi connectivity index (χ1) is 7.92. The van der Waals surface area contributed by atoms with Crippen LogP contribution in [0.15, 0.2) is 17.0 Å². The van der Waals surface area contributed by atoms with Crippen LogP contribution in [0.3, 0.4) is 0 Å². The molecule has 0 atom stereocenters. The topological polar surface area (TPSA) is 81.4 Å². The van der Waals surface area contributed by atoms with Gasteiger partial charge in [-0.05, 0) is 31.0 Å². The molecule has 0 aliphatic heterocycles. The molecule has 0 unspecified atom stereocenters. The van der Waals surface area contributed by atoms with Crippen molar-refractivity contribution in [3.05, 3.63) is 23.3 Å². The van der Waals surface area contributed by atoms with E-state index in [-0.39, 0.29) is 18.0 Å². The van der Waals surface area contributed by atoms with E-state index in [1.807, 2.05) is 19.9 Å². The minimum Gasteiger partial charge on any atom is -0.495 e. The van der Waals surface area contributed by atoms with Crippen LogP contribution >= 0.6 is 0 Å². The fourth-order valence-corrected chi connectivity index (χ4v) is 3.02. The molecule has 0 saturated carbocycles. The van der Waals surface area contributed by atoms with E-state index in [0.29, 0.717) is 5.75 Å². The van der Waals surface area contributed by atoms with Crippen molar-refractivity contribution in [3.63, 3.8) is 0 Å². The summed E-state index contributed by atoms with van der Waals surface area (Å²) in [5.74, 6) is 0.375. The number of hydrogen-bond donors (Lipinski definition) is 2. The number of aryl methyl sites for hydroxylation is 2. The van der Waals surface area contributed by atoms with Gasteiger partial charge in [0.25, 0.3) is 0 Å². The Hall–Kier alpha value is -1.11. The van der Waals surface area contributed by atoms with Crippen molar-refractivity contribution in [3.8, 4) is 5.75 Å². The van der Waals surface area contributed by atoms with Gasteiger partial charge in [0.15, 0.2) is 0 Å². The largest absolute Gasteiger partial charge is 0.495 e. The number of rotatable bonds is 5. The Kier molecular flexibility index (Phi) is 4.50. The standard InChI is InChI=1S/C11H18N2O3S/c1-8-6-9(2)11(16-3)10(7-8)17(14,15)13-5-4-12/h6-7,13H,4-5,12H2,1-3H3. The summed E-state index contributed by atoms with van der Waals surface area (Å²) in [7, 11) is -2.11. The van der Waals surface area contributed by atoms with E-state index in [1.54, 1.807) is 6.07 Å². The Morgan fingerprint density at radius 2 is 2.00 bits per heavy atom. The number of nitrogens with two attached hydrogens (primary N) is 1. The lowest BCUT2D eigenvalue weighted by molar-refractivity contribution is 0.399. The van der Waals surface area contributed by atoms with E-state index in [9.17, 15) is 8.42 Å². The molecule has 0 amide bonds. The highest BCUT2D eigenvalue weighted by Crippen LogP contribution is 2.28. The minimum absolute atomic E-state index is 0.158. The van der Waals surface area contributed by atoms with Crippen LogP contribution in [-0.2, 0) is 10.0 Å². The van der Waals surface area contributed by atoms with Crippen molar-refractivity contribution in [2.75, 3.05) is 20.2 Å². The van der Waals surface area contributed by atoms with Gasteiger partial charge in [-0.1, -0.05) is 6.07 Å². The van der Waals surface area contributed by atoms with Crippen LogP contribution in [0.1, 0.15) is 11.1 Å². The lowest BCUT2D eigenvalue weighted by Gasteiger charge is -2.13. The van der Waals surface area contributed by atoms with E-state index in [0.717, 1.165) is 11.1 Å². The maximum atomic E-state index is 12.0. The normalized spacial score (nSPS) is 11.5. The van der Waals surface area contributed by atoms with Gasteiger partial charge in [-0.3, -0.25) is 0 Å². The second-order valence-electron chi connectivity index (χ2n) is 3.80. The second-order valence-corrected chi connectivity index (χ2v) is 5.54. The van der Waals surface area contributed by atoms with Gasteiger partial charge in [0, 0.05) is 13.1 Å². The third kappa shape index (κ3) is 3.18. The van der Waals surface area contributed by atoms with Gasteiger partial charge in [0.05, 0.1) is 7.11 Å². The van der Waals surface area contributed by atoms with Crippen LogP contribution in [-0.4, -0.2) is 28.6 Å². The molecular formula is C11H18N2O3S. The number of benzene rings is 1. The molecule has 0 radical (unpaired) electrons. The Bertz CT molecular complexity index is 498. The van der Waals surface area contributed by atoms with Crippen LogP contribution in [0, 0.1) is 13.8 Å². The molecule has 0 aliphatic rings. The summed E-state index contributed by atoms with van der Waals surface area (Å²) in [6.45, 7) is 4.12. The van der Waals surface area contributed by atoms with E-state index in [2.05, 4.69) is 4.72 Å². The summed E-state index contributed by atoms with van der Waals surface area (Å²) in [4.78, 5) is 0.158. The number of hydrogen-bond acceptors (Lipinski definition) is 4. The first-order valence-corrected chi connectivity index (χ1v) is 6.75. The van der Waals surface area contributed by atoms with Crippen LogP contribution in [0.25, 0.3) is 0 Å². The highest BCUT2D eigenvalue weighted by atomic mass is 32.2. The van der Waals surface area contributed by atoms with Crippen molar-refractivity contribution in [2.24, 2.45) is 5.73 Å². The molecule has 0 spiro atoms. The molecular weight excluding hydrogens is 240 g/mol. The third-order valence-electron chi connectivity index (χ3n) is 2.31. The van der Waals surface area contributed by atoms with Crippen LogP contribution < -0.4 is 15.2 Å². The number of sulfonamides is 1. The van der Waals surface area contributed by atoms with Crippen LogP contribution in [0.5, 0.6) is 5.75 Å². The van der Waals surface area contributed by atoms with Crippen molar-refractivity contribution < 1.29 is 13.2 Å². The zero-order chi connectivity index (χ0) is 13.1. The first kappa shape index (κ1) is 14.0. The van der Waals surface area contributed by atoms with E-state index in [4.69, 9.17) is 10.5 Å². The average molecular weight is 258 g/mol. The monoisotopic (exact) mass is 258 g/mol. The maximum Gasteiger partial charge on any atom is 0.244 e. The zero-order valence-electron chi connectivity index (χ0n) is 10.3. The molecule has 17 heavy (non-hydrogen) atoms. The Morgan fingerprint density at radius 1 is 1.35 bits per heavy atom. The molecule has 0 heterocycles. The second kappa shape index (κ2) is 5.48. The van der Waals surface area contributed by atoms with Gasteiger partial charge in [-0.15, -0.1) is 0 Å². The smallest absolute Gasteiger partial charge is 0.244 e. The fraction of sp³-hybridized carbons (Fsp3) is 0.455. The molecule has 0 saturated heterocycles. The minimum atomic E-state index is -3.57. The molecule has 1 aromatic carbocycles. The van der Waals surface area contributed by atoms with E-state index >= 15 is 0 Å². The van der Waals surface area contributed by atoms with Crippen molar-refractivity contribution in [1.29, 1.82) is 0 Å². The van der Waals surface area contributed by atoms with E-state index < -0.39 is 10.0 Å². The molecule has 1 rings (SSSR count). The highest BCUT2D eigenvalue weighted by molar-refractivity contribution is 7.89. The van der Waals surface area contributed by atoms with Crippen molar-refractivity contribution >= 4 is 10.0 Å². The van der Waals surface area contributed by atoms with Gasteiger partial charge < -0.3 is 10.5 Å². The maximum absolute atomic E-state index is 12.0. The summed E-state index contributed by atoms with van der Waals surface area (Å²) in [6, 6.07) is 3.46. The fourth-order valence-electron chi connectivity index (χ4n) is 1.65. The summed E-state index contributed by atoms with van der Waals surface area (Å²) >= 11 is 0. The number of ether oxygens (including phenoxy) is 1. The summed E-state index contributed by atoms with van der Waals surface area (Å²) in [5.41, 5.74) is 6.95. The van der Waals surface area contributed by atoms with Gasteiger partial charge in [-0.25, -0.2) is 13.1 Å². The predicted molar refractivity (Wildman–Crippen MR) is 66.7 cm³/mol. The van der Waals surface area contributed by atoms with Crippen LogP contribution in [0.2, 0.25) is 0 Å². The highest BCUT2D eigenvalue weighted by Gasteiger charge is 2.20. The van der Waals surface area contributed by atoms with Gasteiger partial charge >= 0.3 is 0 Å². The Balaban J connectivity index is 3.29. The zero-order valence-corrected chi connectivity index (χ0v) is 11.1. The third-order valence-corrected chi connectivity index (χ3v) is 3.78. The molecule has 0 aliphatic carbocycles. The van der Waals surface area contributed by atoms with E-state index in [1.165, 1.54) is 7.11 Å². The molecule has 5 nitrogen and oxygen atoms in total. The molecule has 6 heteroatoms. The lowest BCUT2D eigenvalue weighted by Crippen LogP contribution is -2.29. The number of methoxy groups -OCH3 is 1. The van der Waals surface area contributed by atoms with Crippen molar-refractivity contribution in [2.45, 2.75) is 18.7 Å². The van der Waals surface area contributed by atoms with Gasteiger partial charge in [-0.2, -0.15) is 0 Å². The lowest BCUT2D eigenvalue weighted by atomic mass is 10.1. The summed E-state index contributed by atoms with van der Waals surface area (Å²) in [5, 5.41) is 0. The SMILES string of the molecule is COc1c(C)cc(C)cc1S(=O)(=O)NCCN. The van der Waals surface area contributed by atoms with Crippen molar-refractivity contribution in [1.82, 2.24) is 4.72 Å².